The fourth-order valence-electron chi connectivity index (χ4n) is 2.20. The number of ether oxygens (including phenoxy) is 2. The van der Waals surface area contributed by atoms with E-state index in [9.17, 15) is 9.59 Å². The molecule has 1 fully saturated rings. The number of nitrogens with one attached hydrogen (secondary N) is 1. The average molecular weight is 295 g/mol. The molecule has 0 spiro atoms. The van der Waals surface area contributed by atoms with Crippen molar-refractivity contribution in [2.24, 2.45) is 7.05 Å². The summed E-state index contributed by atoms with van der Waals surface area (Å²) in [5, 5.41) is 2.85. The standard InChI is InChI=1S/C14H21N3O4/c1-16-10-11(12(20-2)9-13(16)18)14(19)15-3-4-17-5-7-21-8-6-17/h9-10H,3-8H2,1-2H3,(H,15,19). The fraction of sp³-hybridized carbons (Fsp3) is 0.571. The second-order valence-corrected chi connectivity index (χ2v) is 4.91. The molecule has 7 nitrogen and oxygen atoms in total. The van der Waals surface area contributed by atoms with Gasteiger partial charge in [0.05, 0.1) is 25.9 Å². The molecule has 2 rings (SSSR count). The molecule has 1 aromatic heterocycles. The van der Waals surface area contributed by atoms with Gasteiger partial charge in [0, 0.05) is 45.5 Å². The number of morpholine rings is 1. The van der Waals surface area contributed by atoms with Crippen LogP contribution >= 0.6 is 0 Å². The van der Waals surface area contributed by atoms with E-state index in [2.05, 4.69) is 10.2 Å². The van der Waals surface area contributed by atoms with Gasteiger partial charge in [0.25, 0.3) is 11.5 Å². The van der Waals surface area contributed by atoms with Gasteiger partial charge in [0.2, 0.25) is 0 Å². The molecule has 0 aromatic carbocycles. The van der Waals surface area contributed by atoms with Crippen LogP contribution in [0.1, 0.15) is 10.4 Å². The van der Waals surface area contributed by atoms with Gasteiger partial charge in [-0.1, -0.05) is 0 Å². The summed E-state index contributed by atoms with van der Waals surface area (Å²) in [5.41, 5.74) is 0.151. The zero-order chi connectivity index (χ0) is 15.2. The summed E-state index contributed by atoms with van der Waals surface area (Å²) in [4.78, 5) is 25.9. The predicted octanol–water partition coefficient (Wildman–Crippen LogP) is -0.544. The number of carbonyl (C=O) groups is 1. The third-order valence-electron chi connectivity index (χ3n) is 3.47. The number of amides is 1. The lowest BCUT2D eigenvalue weighted by atomic mass is 10.2. The molecule has 7 heteroatoms. The SMILES string of the molecule is COc1cc(=O)n(C)cc1C(=O)NCCN1CCOCC1. The topological polar surface area (TPSA) is 72.8 Å². The molecule has 1 amide bonds. The Hall–Kier alpha value is -1.86. The van der Waals surface area contributed by atoms with Crippen LogP contribution in [-0.2, 0) is 11.8 Å². The second-order valence-electron chi connectivity index (χ2n) is 4.91. The first-order chi connectivity index (χ1) is 10.1. The third kappa shape index (κ3) is 4.05. The fourth-order valence-corrected chi connectivity index (χ4v) is 2.20. The Labute approximate surface area is 123 Å². The van der Waals surface area contributed by atoms with Crippen LogP contribution in [0.5, 0.6) is 5.75 Å². The normalized spacial score (nSPS) is 15.7. The average Bonchev–Trinajstić information content (AvgIpc) is 2.50. The van der Waals surface area contributed by atoms with E-state index >= 15 is 0 Å². The molecule has 116 valence electrons. The largest absolute Gasteiger partial charge is 0.496 e. The lowest BCUT2D eigenvalue weighted by molar-refractivity contribution is 0.0383. The van der Waals surface area contributed by atoms with Gasteiger partial charge in [-0.25, -0.2) is 0 Å². The molecule has 1 aromatic rings. The Morgan fingerprint density at radius 1 is 1.43 bits per heavy atom. The van der Waals surface area contributed by atoms with E-state index in [-0.39, 0.29) is 11.5 Å². The first kappa shape index (κ1) is 15.5. The monoisotopic (exact) mass is 295 g/mol. The van der Waals surface area contributed by atoms with Crippen LogP contribution in [0.2, 0.25) is 0 Å². The molecule has 0 saturated carbocycles. The quantitative estimate of drug-likeness (QED) is 0.789. The van der Waals surface area contributed by atoms with Crippen molar-refractivity contribution >= 4 is 5.91 Å². The lowest BCUT2D eigenvalue weighted by Crippen LogP contribution is -2.41. The van der Waals surface area contributed by atoms with Crippen LogP contribution in [-0.4, -0.2) is 61.9 Å². The zero-order valence-electron chi connectivity index (χ0n) is 12.4. The highest BCUT2D eigenvalue weighted by Crippen LogP contribution is 2.14. The van der Waals surface area contributed by atoms with Gasteiger partial charge in [-0.3, -0.25) is 14.5 Å². The number of rotatable bonds is 5. The Kier molecular flexibility index (Phi) is 5.35. The van der Waals surface area contributed by atoms with Crippen molar-refractivity contribution < 1.29 is 14.3 Å². The summed E-state index contributed by atoms with van der Waals surface area (Å²) >= 11 is 0. The number of hydrogen-bond acceptors (Lipinski definition) is 5. The molecule has 0 atom stereocenters. The number of hydrogen-bond donors (Lipinski definition) is 1. The molecular weight excluding hydrogens is 274 g/mol. The van der Waals surface area contributed by atoms with Gasteiger partial charge in [-0.05, 0) is 0 Å². The van der Waals surface area contributed by atoms with E-state index < -0.39 is 0 Å². The Morgan fingerprint density at radius 3 is 2.81 bits per heavy atom. The first-order valence-electron chi connectivity index (χ1n) is 6.95. The second kappa shape index (κ2) is 7.24. The summed E-state index contributed by atoms with van der Waals surface area (Å²) in [6, 6.07) is 1.32. The van der Waals surface area contributed by atoms with Crippen LogP contribution < -0.4 is 15.6 Å². The van der Waals surface area contributed by atoms with Crippen LogP contribution in [0.3, 0.4) is 0 Å². The van der Waals surface area contributed by atoms with Gasteiger partial charge in [0.15, 0.2) is 0 Å². The minimum Gasteiger partial charge on any atom is -0.496 e. The Bertz CT molecular complexity index is 550. The van der Waals surface area contributed by atoms with E-state index in [0.29, 0.717) is 17.9 Å². The first-order valence-corrected chi connectivity index (χ1v) is 6.95. The van der Waals surface area contributed by atoms with Gasteiger partial charge in [-0.15, -0.1) is 0 Å². The molecule has 2 heterocycles. The van der Waals surface area contributed by atoms with Crippen molar-refractivity contribution in [1.29, 1.82) is 0 Å². The number of carbonyl (C=O) groups excluding carboxylic acids is 1. The third-order valence-corrected chi connectivity index (χ3v) is 3.47. The van der Waals surface area contributed by atoms with Crippen LogP contribution in [0.4, 0.5) is 0 Å². The molecule has 1 saturated heterocycles. The maximum atomic E-state index is 12.2. The van der Waals surface area contributed by atoms with E-state index in [0.717, 1.165) is 32.8 Å². The number of aromatic nitrogens is 1. The van der Waals surface area contributed by atoms with Crippen molar-refractivity contribution in [3.05, 3.63) is 28.2 Å². The van der Waals surface area contributed by atoms with Crippen molar-refractivity contribution in [3.8, 4) is 5.75 Å². The Balaban J connectivity index is 1.93. The number of nitrogens with zero attached hydrogens (tertiary/aromatic N) is 2. The van der Waals surface area contributed by atoms with E-state index in [1.807, 2.05) is 0 Å². The highest BCUT2D eigenvalue weighted by atomic mass is 16.5. The predicted molar refractivity (Wildman–Crippen MR) is 77.8 cm³/mol. The van der Waals surface area contributed by atoms with E-state index in [1.165, 1.54) is 23.9 Å². The Morgan fingerprint density at radius 2 is 2.14 bits per heavy atom. The number of aryl methyl sites for hydroxylation is 1. The van der Waals surface area contributed by atoms with Gasteiger partial charge in [0.1, 0.15) is 5.75 Å². The molecule has 1 aliphatic heterocycles. The maximum absolute atomic E-state index is 12.2. The summed E-state index contributed by atoms with van der Waals surface area (Å²) in [6.45, 7) is 4.58. The lowest BCUT2D eigenvalue weighted by Gasteiger charge is -2.26. The van der Waals surface area contributed by atoms with E-state index in [4.69, 9.17) is 9.47 Å². The molecule has 0 unspecified atom stereocenters. The summed E-state index contributed by atoms with van der Waals surface area (Å²) < 4.78 is 11.7. The molecule has 1 aliphatic rings. The smallest absolute Gasteiger partial charge is 0.256 e. The van der Waals surface area contributed by atoms with Crippen molar-refractivity contribution in [3.63, 3.8) is 0 Å². The molecular formula is C14H21N3O4. The molecule has 1 N–H and O–H groups in total. The molecule has 0 bridgehead atoms. The van der Waals surface area contributed by atoms with E-state index in [1.54, 1.807) is 7.05 Å². The van der Waals surface area contributed by atoms with Gasteiger partial charge in [-0.2, -0.15) is 0 Å². The summed E-state index contributed by atoms with van der Waals surface area (Å²) in [5.74, 6) is 0.0534. The van der Waals surface area contributed by atoms with Crippen molar-refractivity contribution in [2.75, 3.05) is 46.5 Å². The van der Waals surface area contributed by atoms with Gasteiger partial charge < -0.3 is 19.4 Å². The minimum absolute atomic E-state index is 0.211. The molecule has 0 radical (unpaired) electrons. The van der Waals surface area contributed by atoms with Gasteiger partial charge >= 0.3 is 0 Å². The van der Waals surface area contributed by atoms with Crippen molar-refractivity contribution in [2.45, 2.75) is 0 Å². The van der Waals surface area contributed by atoms with Crippen LogP contribution in [0, 0.1) is 0 Å². The maximum Gasteiger partial charge on any atom is 0.256 e. The summed E-state index contributed by atoms with van der Waals surface area (Å²) in [7, 11) is 3.05. The zero-order valence-corrected chi connectivity index (χ0v) is 12.4. The number of methoxy groups -OCH3 is 1. The molecule has 21 heavy (non-hydrogen) atoms. The van der Waals surface area contributed by atoms with Crippen molar-refractivity contribution in [1.82, 2.24) is 14.8 Å². The highest BCUT2D eigenvalue weighted by Gasteiger charge is 2.15. The van der Waals surface area contributed by atoms with Crippen LogP contribution in [0.15, 0.2) is 17.1 Å². The number of pyridine rings is 1. The van der Waals surface area contributed by atoms with Crippen LogP contribution in [0.25, 0.3) is 0 Å². The summed E-state index contributed by atoms with van der Waals surface area (Å²) in [6.07, 6.45) is 1.49. The highest BCUT2D eigenvalue weighted by molar-refractivity contribution is 5.96. The minimum atomic E-state index is -0.240. The molecule has 0 aliphatic carbocycles.